The van der Waals surface area contributed by atoms with Gasteiger partial charge < -0.3 is 9.47 Å². The molecule has 0 saturated carbocycles. The molecular formula is C29H30F2N2O4S. The molecule has 0 aliphatic carbocycles. The Morgan fingerprint density at radius 2 is 1.79 bits per heavy atom. The molecule has 1 aromatic heterocycles. The molecule has 0 N–H and O–H groups in total. The van der Waals surface area contributed by atoms with E-state index >= 15 is 0 Å². The molecule has 0 bridgehead atoms. The number of nitrogens with zero attached hydrogens (tertiary/aromatic N) is 2. The Balaban J connectivity index is 1.89. The molecule has 0 fully saturated rings. The van der Waals surface area contributed by atoms with Crippen molar-refractivity contribution in [1.29, 1.82) is 0 Å². The first kappa shape index (κ1) is 27.4. The van der Waals surface area contributed by atoms with Crippen LogP contribution >= 0.6 is 11.3 Å². The average molecular weight is 541 g/mol. The fourth-order valence-corrected chi connectivity index (χ4v) is 5.42. The fraction of sp³-hybridized carbons (Fsp3) is 0.345. The summed E-state index contributed by atoms with van der Waals surface area (Å²) in [6, 6.07) is 13.3. The highest BCUT2D eigenvalue weighted by molar-refractivity contribution is 7.07. The Bertz CT molecular complexity index is 1500. The predicted octanol–water partition coefficient (Wildman–Crippen LogP) is 5.30. The van der Waals surface area contributed by atoms with Crippen LogP contribution in [0.4, 0.5) is 8.78 Å². The molecule has 6 nitrogen and oxygen atoms in total. The van der Waals surface area contributed by atoms with Gasteiger partial charge in [-0.05, 0) is 54.2 Å². The number of esters is 1. The van der Waals surface area contributed by atoms with Crippen molar-refractivity contribution in [3.05, 3.63) is 96.2 Å². The Kier molecular flexibility index (Phi) is 8.56. The van der Waals surface area contributed by atoms with Gasteiger partial charge >= 0.3 is 12.6 Å². The van der Waals surface area contributed by atoms with Crippen LogP contribution in [0.2, 0.25) is 0 Å². The van der Waals surface area contributed by atoms with Gasteiger partial charge in [-0.2, -0.15) is 8.78 Å². The quantitative estimate of drug-likeness (QED) is 0.345. The summed E-state index contributed by atoms with van der Waals surface area (Å²) in [4.78, 5) is 32.2. The molecule has 2 heterocycles. The second-order valence-corrected chi connectivity index (χ2v) is 10.2. The third-order valence-corrected chi connectivity index (χ3v) is 7.20. The number of ether oxygens (including phenoxy) is 2. The Morgan fingerprint density at radius 3 is 2.37 bits per heavy atom. The molecule has 0 saturated heterocycles. The monoisotopic (exact) mass is 540 g/mol. The first-order chi connectivity index (χ1) is 18.2. The minimum absolute atomic E-state index is 0.0340. The van der Waals surface area contributed by atoms with E-state index in [-0.39, 0.29) is 17.9 Å². The second-order valence-electron chi connectivity index (χ2n) is 9.18. The molecule has 38 heavy (non-hydrogen) atoms. The van der Waals surface area contributed by atoms with Crippen LogP contribution in [0.1, 0.15) is 69.2 Å². The van der Waals surface area contributed by atoms with Crippen LogP contribution in [0, 0.1) is 0 Å². The molecule has 200 valence electrons. The van der Waals surface area contributed by atoms with Crippen molar-refractivity contribution in [2.45, 2.75) is 59.1 Å². The minimum Gasteiger partial charge on any atom is -0.463 e. The zero-order valence-electron chi connectivity index (χ0n) is 21.7. The van der Waals surface area contributed by atoms with Crippen LogP contribution in [0.25, 0.3) is 6.08 Å². The number of thiazole rings is 1. The summed E-state index contributed by atoms with van der Waals surface area (Å²) < 4.78 is 36.8. The van der Waals surface area contributed by atoms with Gasteiger partial charge in [0.05, 0.1) is 28.5 Å². The Morgan fingerprint density at radius 1 is 1.11 bits per heavy atom. The maximum atomic E-state index is 13.8. The lowest BCUT2D eigenvalue weighted by Gasteiger charge is -2.26. The van der Waals surface area contributed by atoms with Crippen molar-refractivity contribution in [2.24, 2.45) is 4.99 Å². The topological polar surface area (TPSA) is 69.9 Å². The molecule has 0 unspecified atom stereocenters. The van der Waals surface area contributed by atoms with Gasteiger partial charge in [-0.15, -0.1) is 0 Å². The highest BCUT2D eigenvalue weighted by atomic mass is 32.1. The predicted molar refractivity (Wildman–Crippen MR) is 143 cm³/mol. The number of hydrogen-bond acceptors (Lipinski definition) is 6. The number of carbonyl (C=O) groups is 1. The lowest BCUT2D eigenvalue weighted by atomic mass is 9.92. The van der Waals surface area contributed by atoms with E-state index in [4.69, 9.17) is 9.73 Å². The molecule has 0 radical (unpaired) electrons. The van der Waals surface area contributed by atoms with E-state index in [2.05, 4.69) is 18.6 Å². The number of carbonyl (C=O) groups excluding carboxylic acids is 1. The molecule has 1 atom stereocenters. The molecule has 9 heteroatoms. The number of allylic oxidation sites excluding steroid dienone is 1. The maximum absolute atomic E-state index is 13.8. The molecule has 0 spiro atoms. The molecular weight excluding hydrogens is 510 g/mol. The molecule has 3 aromatic rings. The molecule has 4 rings (SSSR count). The van der Waals surface area contributed by atoms with E-state index < -0.39 is 18.6 Å². The van der Waals surface area contributed by atoms with Crippen molar-refractivity contribution in [3.63, 3.8) is 0 Å². The van der Waals surface area contributed by atoms with Crippen LogP contribution in [-0.4, -0.2) is 23.8 Å². The van der Waals surface area contributed by atoms with Gasteiger partial charge in [-0.3, -0.25) is 9.36 Å². The lowest BCUT2D eigenvalue weighted by molar-refractivity contribution is -0.139. The van der Waals surface area contributed by atoms with E-state index in [1.165, 1.54) is 23.5 Å². The minimum atomic E-state index is -2.91. The van der Waals surface area contributed by atoms with Gasteiger partial charge in [0.1, 0.15) is 5.75 Å². The van der Waals surface area contributed by atoms with Crippen molar-refractivity contribution < 1.29 is 23.0 Å². The normalized spacial score (nSPS) is 15.6. The van der Waals surface area contributed by atoms with Gasteiger partial charge in [0, 0.05) is 0 Å². The number of rotatable bonds is 9. The smallest absolute Gasteiger partial charge is 0.387 e. The summed E-state index contributed by atoms with van der Waals surface area (Å²) >= 11 is 1.23. The number of benzene rings is 2. The summed E-state index contributed by atoms with van der Waals surface area (Å²) in [6.45, 7) is 5.26. The highest BCUT2D eigenvalue weighted by Gasteiger charge is 2.34. The van der Waals surface area contributed by atoms with E-state index in [1.807, 2.05) is 31.2 Å². The largest absolute Gasteiger partial charge is 0.463 e. The Labute approximate surface area is 223 Å². The Hall–Kier alpha value is -3.59. The van der Waals surface area contributed by atoms with Crippen LogP contribution in [-0.2, 0) is 9.53 Å². The molecule has 2 aromatic carbocycles. The standard InChI is InChI=1S/C29H30F2N2O4S/c1-5-7-22-24(27(35)36-6-2)25(20-12-10-19(11-13-20)17(3)4)33-26(34)23(38-29(33)32-22)16-18-8-14-21(15-9-18)37-28(30)31/h8-17,25,28H,5-7H2,1-4H3/b23-16+/t25-/m0/s1. The number of fused-ring (bicyclic) bond motifs is 1. The third kappa shape index (κ3) is 5.78. The van der Waals surface area contributed by atoms with Crippen molar-refractivity contribution in [1.82, 2.24) is 4.57 Å². The lowest BCUT2D eigenvalue weighted by Crippen LogP contribution is -2.40. The number of alkyl halides is 2. The second kappa shape index (κ2) is 11.9. The average Bonchev–Trinajstić information content (AvgIpc) is 3.19. The third-order valence-electron chi connectivity index (χ3n) is 6.21. The van der Waals surface area contributed by atoms with Gasteiger partial charge in [0.15, 0.2) is 4.80 Å². The maximum Gasteiger partial charge on any atom is 0.387 e. The summed E-state index contributed by atoms with van der Waals surface area (Å²) in [5, 5.41) is 0. The van der Waals surface area contributed by atoms with Crippen LogP contribution < -0.4 is 19.6 Å². The zero-order valence-corrected chi connectivity index (χ0v) is 22.6. The SMILES string of the molecule is CCCC1=C(C(=O)OCC)[C@H](c2ccc(C(C)C)cc2)n2c(s/c(=C/c3ccc(OC(F)F)cc3)c2=O)=N1. The summed E-state index contributed by atoms with van der Waals surface area (Å²) in [5.74, 6) is -0.118. The number of hydrogen-bond donors (Lipinski definition) is 0. The van der Waals surface area contributed by atoms with Gasteiger partial charge in [0.25, 0.3) is 5.56 Å². The van der Waals surface area contributed by atoms with Crippen LogP contribution in [0.3, 0.4) is 0 Å². The number of aromatic nitrogens is 1. The fourth-order valence-electron chi connectivity index (χ4n) is 4.40. The van der Waals surface area contributed by atoms with Crippen molar-refractivity contribution in [2.75, 3.05) is 6.61 Å². The van der Waals surface area contributed by atoms with E-state index in [0.29, 0.717) is 38.5 Å². The van der Waals surface area contributed by atoms with E-state index in [9.17, 15) is 18.4 Å². The summed E-state index contributed by atoms with van der Waals surface area (Å²) in [6.07, 6.45) is 3.01. The molecule has 1 aliphatic rings. The molecule has 1 aliphatic heterocycles. The van der Waals surface area contributed by atoms with E-state index in [0.717, 1.165) is 17.5 Å². The highest BCUT2D eigenvalue weighted by Crippen LogP contribution is 2.33. The summed E-state index contributed by atoms with van der Waals surface area (Å²) in [5.41, 5.74) is 3.28. The van der Waals surface area contributed by atoms with Gasteiger partial charge in [-0.1, -0.05) is 74.9 Å². The van der Waals surface area contributed by atoms with Crippen LogP contribution in [0.5, 0.6) is 5.75 Å². The summed E-state index contributed by atoms with van der Waals surface area (Å²) in [7, 11) is 0. The first-order valence-electron chi connectivity index (χ1n) is 12.6. The number of halogens is 2. The zero-order chi connectivity index (χ0) is 27.4. The molecule has 0 amide bonds. The van der Waals surface area contributed by atoms with Crippen molar-refractivity contribution >= 4 is 23.4 Å². The van der Waals surface area contributed by atoms with Gasteiger partial charge in [0.2, 0.25) is 0 Å². The van der Waals surface area contributed by atoms with Gasteiger partial charge in [-0.25, -0.2) is 9.79 Å². The van der Waals surface area contributed by atoms with Crippen molar-refractivity contribution in [3.8, 4) is 5.75 Å². The van der Waals surface area contributed by atoms with Crippen LogP contribution in [0.15, 0.2) is 69.6 Å². The van der Waals surface area contributed by atoms with E-state index in [1.54, 1.807) is 29.7 Å². The first-order valence-corrected chi connectivity index (χ1v) is 13.4.